The van der Waals surface area contributed by atoms with Gasteiger partial charge in [0.15, 0.2) is 5.82 Å². The van der Waals surface area contributed by atoms with Crippen LogP contribution in [0.1, 0.15) is 17.7 Å². The minimum atomic E-state index is 0.277. The zero-order chi connectivity index (χ0) is 17.1. The van der Waals surface area contributed by atoms with Crippen molar-refractivity contribution in [1.82, 2.24) is 20.1 Å². The maximum absolute atomic E-state index is 6.21. The van der Waals surface area contributed by atoms with Crippen LogP contribution in [0, 0.1) is 12.8 Å². The predicted molar refractivity (Wildman–Crippen MR) is 96.3 cm³/mol. The summed E-state index contributed by atoms with van der Waals surface area (Å²) in [6, 6.07) is 8.29. The van der Waals surface area contributed by atoms with Crippen molar-refractivity contribution in [3.8, 4) is 0 Å². The Morgan fingerprint density at radius 3 is 2.76 bits per heavy atom. The summed E-state index contributed by atoms with van der Waals surface area (Å²) in [7, 11) is 0. The van der Waals surface area contributed by atoms with E-state index in [9.17, 15) is 0 Å². The number of piperidine rings is 1. The molecule has 2 aromatic heterocycles. The van der Waals surface area contributed by atoms with Crippen molar-refractivity contribution in [2.45, 2.75) is 26.0 Å². The van der Waals surface area contributed by atoms with Crippen LogP contribution in [0.3, 0.4) is 0 Å². The Hall–Kier alpha value is -2.05. The highest BCUT2D eigenvalue weighted by Gasteiger charge is 2.33. The number of aromatic nitrogens is 3. The van der Waals surface area contributed by atoms with Gasteiger partial charge in [-0.2, -0.15) is 5.10 Å². The van der Waals surface area contributed by atoms with Crippen LogP contribution in [0.5, 0.6) is 0 Å². The molecular weight excluding hydrogens is 314 g/mol. The second kappa shape index (κ2) is 7.45. The van der Waals surface area contributed by atoms with Crippen LogP contribution in [0.25, 0.3) is 0 Å². The fraction of sp³-hybridized carbons (Fsp3) is 0.526. The van der Waals surface area contributed by atoms with E-state index in [2.05, 4.69) is 43.2 Å². The number of ether oxygens (including phenoxy) is 1. The van der Waals surface area contributed by atoms with Crippen molar-refractivity contribution in [3.05, 3.63) is 47.9 Å². The van der Waals surface area contributed by atoms with E-state index in [-0.39, 0.29) is 6.10 Å². The standard InChI is InChI=1S/C19H25N5O/c1-15-2-3-19(22-21-15)24-9-6-17-13-23(10-11-25-18(17)14-24)12-16-4-7-20-8-5-16/h2-5,7-8,17-18H,6,9-14H2,1H3/t17-,18-/m0/s1. The van der Waals surface area contributed by atoms with Gasteiger partial charge in [-0.25, -0.2) is 0 Å². The number of anilines is 1. The molecular formula is C19H25N5O. The van der Waals surface area contributed by atoms with E-state index in [0.29, 0.717) is 5.92 Å². The van der Waals surface area contributed by atoms with Gasteiger partial charge in [0.2, 0.25) is 0 Å². The summed E-state index contributed by atoms with van der Waals surface area (Å²) in [5, 5.41) is 8.53. The molecule has 4 rings (SSSR count). The molecule has 25 heavy (non-hydrogen) atoms. The highest BCUT2D eigenvalue weighted by atomic mass is 16.5. The van der Waals surface area contributed by atoms with E-state index >= 15 is 0 Å². The Balaban J connectivity index is 1.39. The summed E-state index contributed by atoms with van der Waals surface area (Å²) in [6.45, 7) is 7.74. The summed E-state index contributed by atoms with van der Waals surface area (Å²) >= 11 is 0. The lowest BCUT2D eigenvalue weighted by Crippen LogP contribution is -2.47. The van der Waals surface area contributed by atoms with E-state index in [1.165, 1.54) is 5.56 Å². The Labute approximate surface area is 148 Å². The highest BCUT2D eigenvalue weighted by molar-refractivity contribution is 5.38. The molecule has 0 saturated carbocycles. The third-order valence-corrected chi connectivity index (χ3v) is 5.19. The van der Waals surface area contributed by atoms with E-state index in [1.54, 1.807) is 0 Å². The highest BCUT2D eigenvalue weighted by Crippen LogP contribution is 2.27. The van der Waals surface area contributed by atoms with Crippen LogP contribution >= 0.6 is 0 Å². The maximum atomic E-state index is 6.21. The molecule has 6 nitrogen and oxygen atoms in total. The second-order valence-corrected chi connectivity index (χ2v) is 7.03. The molecule has 0 amide bonds. The number of pyridine rings is 1. The molecule has 0 aromatic carbocycles. The summed E-state index contributed by atoms with van der Waals surface area (Å²) < 4.78 is 6.21. The average Bonchev–Trinajstić information content (AvgIpc) is 2.84. The van der Waals surface area contributed by atoms with E-state index < -0.39 is 0 Å². The monoisotopic (exact) mass is 339 g/mol. The minimum Gasteiger partial charge on any atom is -0.375 e. The predicted octanol–water partition coefficient (Wildman–Crippen LogP) is 1.91. The van der Waals surface area contributed by atoms with Gasteiger partial charge in [-0.3, -0.25) is 9.88 Å². The van der Waals surface area contributed by atoms with Gasteiger partial charge in [-0.1, -0.05) is 0 Å². The van der Waals surface area contributed by atoms with Gasteiger partial charge in [0, 0.05) is 51.0 Å². The van der Waals surface area contributed by atoms with Gasteiger partial charge in [0.05, 0.1) is 18.4 Å². The molecule has 2 saturated heterocycles. The third kappa shape index (κ3) is 3.96. The van der Waals surface area contributed by atoms with Crippen molar-refractivity contribution >= 4 is 5.82 Å². The Bertz CT molecular complexity index is 678. The van der Waals surface area contributed by atoms with E-state index in [0.717, 1.165) is 57.3 Å². The average molecular weight is 339 g/mol. The van der Waals surface area contributed by atoms with Gasteiger partial charge in [0.1, 0.15) is 0 Å². The fourth-order valence-electron chi connectivity index (χ4n) is 3.78. The van der Waals surface area contributed by atoms with Crippen LogP contribution in [0.2, 0.25) is 0 Å². The minimum absolute atomic E-state index is 0.277. The molecule has 0 N–H and O–H groups in total. The zero-order valence-corrected chi connectivity index (χ0v) is 14.7. The SMILES string of the molecule is Cc1ccc(N2CC[C@H]3CN(Cc4ccncc4)CCO[C@H]3C2)nn1. The molecule has 0 unspecified atom stereocenters. The molecule has 2 fully saturated rings. The first-order valence-corrected chi connectivity index (χ1v) is 9.06. The number of rotatable bonds is 3. The van der Waals surface area contributed by atoms with Crippen LogP contribution < -0.4 is 4.90 Å². The smallest absolute Gasteiger partial charge is 0.151 e. The lowest BCUT2D eigenvalue weighted by molar-refractivity contribution is 0.0251. The summed E-state index contributed by atoms with van der Waals surface area (Å²) in [5.74, 6) is 1.55. The first kappa shape index (κ1) is 16.4. The molecule has 2 aliphatic heterocycles. The molecule has 0 bridgehead atoms. The molecule has 0 spiro atoms. The Morgan fingerprint density at radius 1 is 1.08 bits per heavy atom. The van der Waals surface area contributed by atoms with Crippen LogP contribution in [0.4, 0.5) is 5.82 Å². The quantitative estimate of drug-likeness (QED) is 0.851. The number of hydrogen-bond donors (Lipinski definition) is 0. The van der Waals surface area contributed by atoms with Crippen LogP contribution in [-0.2, 0) is 11.3 Å². The number of hydrogen-bond acceptors (Lipinski definition) is 6. The van der Waals surface area contributed by atoms with Crippen molar-refractivity contribution < 1.29 is 4.74 Å². The molecule has 0 radical (unpaired) electrons. The maximum Gasteiger partial charge on any atom is 0.151 e. The topological polar surface area (TPSA) is 54.4 Å². The van der Waals surface area contributed by atoms with Crippen LogP contribution in [0.15, 0.2) is 36.7 Å². The molecule has 0 aliphatic carbocycles. The zero-order valence-electron chi connectivity index (χ0n) is 14.7. The van der Waals surface area contributed by atoms with Gasteiger partial charge < -0.3 is 9.64 Å². The molecule has 132 valence electrons. The van der Waals surface area contributed by atoms with Crippen molar-refractivity contribution in [2.75, 3.05) is 37.7 Å². The molecule has 2 aromatic rings. The fourth-order valence-corrected chi connectivity index (χ4v) is 3.78. The first-order chi connectivity index (χ1) is 12.3. The van der Waals surface area contributed by atoms with Crippen molar-refractivity contribution in [3.63, 3.8) is 0 Å². The normalized spacial score (nSPS) is 24.6. The third-order valence-electron chi connectivity index (χ3n) is 5.19. The van der Waals surface area contributed by atoms with Gasteiger partial charge in [0.25, 0.3) is 0 Å². The van der Waals surface area contributed by atoms with Crippen molar-refractivity contribution in [2.24, 2.45) is 5.92 Å². The van der Waals surface area contributed by atoms with Gasteiger partial charge in [-0.15, -0.1) is 5.10 Å². The lowest BCUT2D eigenvalue weighted by Gasteiger charge is -2.38. The number of nitrogens with zero attached hydrogens (tertiary/aromatic N) is 5. The van der Waals surface area contributed by atoms with Crippen LogP contribution in [-0.4, -0.2) is 59.0 Å². The molecule has 2 atom stereocenters. The summed E-state index contributed by atoms with van der Waals surface area (Å²) in [6.07, 6.45) is 5.15. The summed E-state index contributed by atoms with van der Waals surface area (Å²) in [4.78, 5) is 8.93. The molecule has 6 heteroatoms. The molecule has 2 aliphatic rings. The molecule has 4 heterocycles. The van der Waals surface area contributed by atoms with Gasteiger partial charge >= 0.3 is 0 Å². The Morgan fingerprint density at radius 2 is 1.96 bits per heavy atom. The lowest BCUT2D eigenvalue weighted by atomic mass is 9.93. The largest absolute Gasteiger partial charge is 0.375 e. The first-order valence-electron chi connectivity index (χ1n) is 9.06. The van der Waals surface area contributed by atoms with E-state index in [1.807, 2.05) is 25.4 Å². The number of fused-ring (bicyclic) bond motifs is 1. The summed E-state index contributed by atoms with van der Waals surface area (Å²) in [5.41, 5.74) is 2.27. The van der Waals surface area contributed by atoms with Crippen molar-refractivity contribution in [1.29, 1.82) is 0 Å². The van der Waals surface area contributed by atoms with Gasteiger partial charge in [-0.05, 0) is 43.2 Å². The Kier molecular flexibility index (Phi) is 4.90. The second-order valence-electron chi connectivity index (χ2n) is 7.03. The number of aryl methyl sites for hydroxylation is 1. The van der Waals surface area contributed by atoms with E-state index in [4.69, 9.17) is 4.74 Å².